The SMILES string of the molecule is CN1CC(N)=Cc2ccccc21. The van der Waals surface area contributed by atoms with Crippen LogP contribution in [0.25, 0.3) is 6.08 Å². The molecule has 0 bridgehead atoms. The number of likely N-dealkylation sites (N-methyl/N-ethyl adjacent to an activating group) is 1. The summed E-state index contributed by atoms with van der Waals surface area (Å²) in [6, 6.07) is 8.27. The third-order valence-electron chi connectivity index (χ3n) is 2.11. The monoisotopic (exact) mass is 160 g/mol. The summed E-state index contributed by atoms with van der Waals surface area (Å²) < 4.78 is 0. The van der Waals surface area contributed by atoms with Crippen LogP contribution in [0.15, 0.2) is 30.0 Å². The lowest BCUT2D eigenvalue weighted by molar-refractivity contribution is 0.959. The quantitative estimate of drug-likeness (QED) is 0.622. The number of fused-ring (bicyclic) bond motifs is 1. The van der Waals surface area contributed by atoms with E-state index in [1.165, 1.54) is 11.3 Å². The van der Waals surface area contributed by atoms with E-state index in [1.807, 2.05) is 18.2 Å². The Labute approximate surface area is 72.3 Å². The highest BCUT2D eigenvalue weighted by Gasteiger charge is 2.10. The van der Waals surface area contributed by atoms with Gasteiger partial charge >= 0.3 is 0 Å². The van der Waals surface area contributed by atoms with Gasteiger partial charge in [0.05, 0.1) is 6.54 Å². The maximum absolute atomic E-state index is 5.76. The molecule has 0 amide bonds. The zero-order valence-electron chi connectivity index (χ0n) is 7.12. The number of hydrogen-bond acceptors (Lipinski definition) is 2. The number of anilines is 1. The Morgan fingerprint density at radius 2 is 2.08 bits per heavy atom. The molecule has 2 heteroatoms. The maximum Gasteiger partial charge on any atom is 0.0571 e. The predicted molar refractivity (Wildman–Crippen MR) is 51.9 cm³/mol. The van der Waals surface area contributed by atoms with Gasteiger partial charge in [-0.25, -0.2) is 0 Å². The smallest absolute Gasteiger partial charge is 0.0571 e. The molecule has 1 aromatic carbocycles. The molecule has 0 spiro atoms. The molecule has 0 radical (unpaired) electrons. The topological polar surface area (TPSA) is 29.3 Å². The minimum absolute atomic E-state index is 0.830. The molecule has 1 heterocycles. The largest absolute Gasteiger partial charge is 0.401 e. The van der Waals surface area contributed by atoms with E-state index < -0.39 is 0 Å². The average Bonchev–Trinajstić information content (AvgIpc) is 2.04. The molecule has 62 valence electrons. The van der Waals surface area contributed by atoms with Crippen molar-refractivity contribution in [3.8, 4) is 0 Å². The summed E-state index contributed by atoms with van der Waals surface area (Å²) in [6.45, 7) is 0.830. The number of rotatable bonds is 0. The lowest BCUT2D eigenvalue weighted by Gasteiger charge is -2.25. The molecule has 12 heavy (non-hydrogen) atoms. The van der Waals surface area contributed by atoms with Gasteiger partial charge in [0.15, 0.2) is 0 Å². The first-order valence-corrected chi connectivity index (χ1v) is 4.03. The number of para-hydroxylation sites is 1. The van der Waals surface area contributed by atoms with E-state index in [0.29, 0.717) is 0 Å². The Balaban J connectivity index is 2.55. The van der Waals surface area contributed by atoms with Crippen LogP contribution in [0.4, 0.5) is 5.69 Å². The van der Waals surface area contributed by atoms with E-state index >= 15 is 0 Å². The van der Waals surface area contributed by atoms with Crippen molar-refractivity contribution in [2.45, 2.75) is 0 Å². The van der Waals surface area contributed by atoms with Crippen LogP contribution in [0.2, 0.25) is 0 Å². The second-order valence-electron chi connectivity index (χ2n) is 3.13. The van der Waals surface area contributed by atoms with Gasteiger partial charge in [0.1, 0.15) is 0 Å². The molecular formula is C10H12N2. The van der Waals surface area contributed by atoms with E-state index in [4.69, 9.17) is 5.73 Å². The fourth-order valence-electron chi connectivity index (χ4n) is 1.56. The molecule has 0 unspecified atom stereocenters. The second kappa shape index (κ2) is 2.55. The van der Waals surface area contributed by atoms with Crippen LogP contribution in [-0.2, 0) is 0 Å². The lowest BCUT2D eigenvalue weighted by atomic mass is 10.1. The zero-order chi connectivity index (χ0) is 8.55. The molecule has 1 aliphatic rings. The van der Waals surface area contributed by atoms with Crippen LogP contribution in [-0.4, -0.2) is 13.6 Å². The fraction of sp³-hybridized carbons (Fsp3) is 0.200. The molecule has 0 saturated carbocycles. The molecule has 1 aromatic rings. The molecule has 0 atom stereocenters. The third kappa shape index (κ3) is 1.05. The van der Waals surface area contributed by atoms with Crippen molar-refractivity contribution in [1.29, 1.82) is 0 Å². The highest BCUT2D eigenvalue weighted by molar-refractivity contribution is 5.72. The molecule has 2 nitrogen and oxygen atoms in total. The third-order valence-corrected chi connectivity index (χ3v) is 2.11. The van der Waals surface area contributed by atoms with Crippen molar-refractivity contribution in [1.82, 2.24) is 0 Å². The average molecular weight is 160 g/mol. The van der Waals surface area contributed by atoms with Gasteiger partial charge in [-0.05, 0) is 17.7 Å². The molecule has 0 aromatic heterocycles. The van der Waals surface area contributed by atoms with Crippen molar-refractivity contribution < 1.29 is 0 Å². The van der Waals surface area contributed by atoms with Gasteiger partial charge in [0.2, 0.25) is 0 Å². The number of nitrogens with two attached hydrogens (primary N) is 1. The lowest BCUT2D eigenvalue weighted by Crippen LogP contribution is -2.26. The van der Waals surface area contributed by atoms with Crippen LogP contribution in [0.5, 0.6) is 0 Å². The Hall–Kier alpha value is -1.44. The zero-order valence-corrected chi connectivity index (χ0v) is 7.12. The molecule has 1 aliphatic heterocycles. The first kappa shape index (κ1) is 7.22. The first-order valence-electron chi connectivity index (χ1n) is 4.03. The van der Waals surface area contributed by atoms with Crippen LogP contribution in [0.1, 0.15) is 5.56 Å². The van der Waals surface area contributed by atoms with Gasteiger partial charge in [-0.3, -0.25) is 0 Å². The van der Waals surface area contributed by atoms with Gasteiger partial charge in [-0.2, -0.15) is 0 Å². The summed E-state index contributed by atoms with van der Waals surface area (Å²) in [5, 5.41) is 0. The summed E-state index contributed by atoms with van der Waals surface area (Å²) in [5.74, 6) is 0. The number of hydrogen-bond donors (Lipinski definition) is 1. The van der Waals surface area contributed by atoms with E-state index in [0.717, 1.165) is 12.2 Å². The van der Waals surface area contributed by atoms with Gasteiger partial charge in [-0.15, -0.1) is 0 Å². The van der Waals surface area contributed by atoms with Crippen molar-refractivity contribution in [2.24, 2.45) is 5.73 Å². The Bertz CT molecular complexity index is 328. The normalized spacial score (nSPS) is 15.4. The Morgan fingerprint density at radius 1 is 1.33 bits per heavy atom. The van der Waals surface area contributed by atoms with Crippen LogP contribution >= 0.6 is 0 Å². The summed E-state index contributed by atoms with van der Waals surface area (Å²) in [6.07, 6.45) is 2.04. The number of benzene rings is 1. The predicted octanol–water partition coefficient (Wildman–Crippen LogP) is 1.44. The van der Waals surface area contributed by atoms with Crippen LogP contribution < -0.4 is 10.6 Å². The summed E-state index contributed by atoms with van der Waals surface area (Å²) in [4.78, 5) is 2.16. The van der Waals surface area contributed by atoms with E-state index in [9.17, 15) is 0 Å². The van der Waals surface area contributed by atoms with E-state index in [1.54, 1.807) is 0 Å². The van der Waals surface area contributed by atoms with E-state index in [-0.39, 0.29) is 0 Å². The molecule has 0 saturated heterocycles. The van der Waals surface area contributed by atoms with Crippen LogP contribution in [0, 0.1) is 0 Å². The second-order valence-corrected chi connectivity index (χ2v) is 3.13. The number of nitrogens with zero attached hydrogens (tertiary/aromatic N) is 1. The maximum atomic E-state index is 5.76. The Morgan fingerprint density at radius 3 is 2.92 bits per heavy atom. The molecule has 2 N–H and O–H groups in total. The van der Waals surface area contributed by atoms with Gasteiger partial charge < -0.3 is 10.6 Å². The van der Waals surface area contributed by atoms with Crippen molar-refractivity contribution in [3.63, 3.8) is 0 Å². The highest BCUT2D eigenvalue weighted by atomic mass is 15.1. The summed E-state index contributed by atoms with van der Waals surface area (Å²) in [5.41, 5.74) is 9.15. The van der Waals surface area contributed by atoms with Crippen molar-refractivity contribution in [2.75, 3.05) is 18.5 Å². The first-order chi connectivity index (χ1) is 5.77. The summed E-state index contributed by atoms with van der Waals surface area (Å²) >= 11 is 0. The Kier molecular flexibility index (Phi) is 1.54. The molecule has 0 fully saturated rings. The van der Waals surface area contributed by atoms with E-state index in [2.05, 4.69) is 24.1 Å². The minimum atomic E-state index is 0.830. The van der Waals surface area contributed by atoms with Crippen molar-refractivity contribution >= 4 is 11.8 Å². The molecular weight excluding hydrogens is 148 g/mol. The minimum Gasteiger partial charge on any atom is -0.401 e. The van der Waals surface area contributed by atoms with Gasteiger partial charge in [0.25, 0.3) is 0 Å². The molecule has 0 aliphatic carbocycles. The van der Waals surface area contributed by atoms with Gasteiger partial charge in [-0.1, -0.05) is 18.2 Å². The molecule has 2 rings (SSSR count). The standard InChI is InChI=1S/C10H12N2/c1-12-7-9(11)6-8-4-2-3-5-10(8)12/h2-6H,7,11H2,1H3. The van der Waals surface area contributed by atoms with Crippen LogP contribution in [0.3, 0.4) is 0 Å². The van der Waals surface area contributed by atoms with Crippen molar-refractivity contribution in [3.05, 3.63) is 35.5 Å². The highest BCUT2D eigenvalue weighted by Crippen LogP contribution is 2.25. The fourth-order valence-corrected chi connectivity index (χ4v) is 1.56. The summed E-state index contributed by atoms with van der Waals surface area (Å²) in [7, 11) is 2.05. The van der Waals surface area contributed by atoms with Gasteiger partial charge in [0, 0.05) is 18.4 Å².